The summed E-state index contributed by atoms with van der Waals surface area (Å²) < 4.78 is 1.83. The van der Waals surface area contributed by atoms with Crippen LogP contribution in [0.4, 0.5) is 0 Å². The van der Waals surface area contributed by atoms with Gasteiger partial charge in [-0.15, -0.1) is 0 Å². The molecule has 0 aromatic carbocycles. The first-order valence-electron chi connectivity index (χ1n) is 6.90. The molecule has 0 saturated heterocycles. The molecule has 2 unspecified atom stereocenters. The van der Waals surface area contributed by atoms with Crippen LogP contribution >= 0.6 is 11.6 Å². The van der Waals surface area contributed by atoms with Crippen molar-refractivity contribution < 1.29 is 5.11 Å². The van der Waals surface area contributed by atoms with E-state index in [4.69, 9.17) is 11.6 Å². The van der Waals surface area contributed by atoms with E-state index in [-0.39, 0.29) is 0 Å². The number of halogens is 1. The van der Waals surface area contributed by atoms with Gasteiger partial charge in [0.1, 0.15) is 0 Å². The van der Waals surface area contributed by atoms with E-state index in [1.54, 1.807) is 0 Å². The predicted octanol–water partition coefficient (Wildman–Crippen LogP) is 3.12. The SMILES string of the molecule is CCc1nn(C)c(CC2(O)CCCCC2C)c1Cl. The second-order valence-electron chi connectivity index (χ2n) is 5.61. The molecule has 1 fully saturated rings. The fraction of sp³-hybridized carbons (Fsp3) is 0.786. The van der Waals surface area contributed by atoms with Gasteiger partial charge in [0.15, 0.2) is 0 Å². The molecule has 1 aromatic heterocycles. The van der Waals surface area contributed by atoms with Gasteiger partial charge in [-0.2, -0.15) is 5.10 Å². The molecule has 1 aromatic rings. The van der Waals surface area contributed by atoms with Crippen LogP contribution in [0.3, 0.4) is 0 Å². The summed E-state index contributed by atoms with van der Waals surface area (Å²) in [6, 6.07) is 0. The predicted molar refractivity (Wildman–Crippen MR) is 73.9 cm³/mol. The molecule has 1 aliphatic carbocycles. The van der Waals surface area contributed by atoms with E-state index in [1.807, 2.05) is 11.7 Å². The summed E-state index contributed by atoms with van der Waals surface area (Å²) in [5.74, 6) is 0.335. The smallest absolute Gasteiger partial charge is 0.0850 e. The topological polar surface area (TPSA) is 38.0 Å². The van der Waals surface area contributed by atoms with E-state index in [0.29, 0.717) is 12.3 Å². The lowest BCUT2D eigenvalue weighted by Crippen LogP contribution is -2.41. The average Bonchev–Trinajstić information content (AvgIpc) is 2.60. The molecule has 0 amide bonds. The van der Waals surface area contributed by atoms with Gasteiger partial charge < -0.3 is 5.11 Å². The summed E-state index contributed by atoms with van der Waals surface area (Å²) in [6.45, 7) is 4.19. The normalized spacial score (nSPS) is 28.6. The minimum atomic E-state index is -0.610. The van der Waals surface area contributed by atoms with Crippen LogP contribution in [0.25, 0.3) is 0 Å². The molecule has 1 N–H and O–H groups in total. The van der Waals surface area contributed by atoms with Crippen LogP contribution in [0.1, 0.15) is 50.9 Å². The molecule has 2 atom stereocenters. The van der Waals surface area contributed by atoms with Crippen LogP contribution < -0.4 is 0 Å². The summed E-state index contributed by atoms with van der Waals surface area (Å²) in [6.07, 6.45) is 5.76. The van der Waals surface area contributed by atoms with Gasteiger partial charge >= 0.3 is 0 Å². The summed E-state index contributed by atoms with van der Waals surface area (Å²) in [5, 5.41) is 16.0. The summed E-state index contributed by atoms with van der Waals surface area (Å²) in [7, 11) is 1.91. The Balaban J connectivity index is 2.25. The third-order valence-corrected chi connectivity index (χ3v) is 4.83. The highest BCUT2D eigenvalue weighted by atomic mass is 35.5. The Labute approximate surface area is 114 Å². The van der Waals surface area contributed by atoms with E-state index < -0.39 is 5.60 Å². The van der Waals surface area contributed by atoms with Crippen LogP contribution in [0.2, 0.25) is 5.02 Å². The lowest BCUT2D eigenvalue weighted by Gasteiger charge is -2.38. The molecule has 2 rings (SSSR count). The van der Waals surface area contributed by atoms with Crippen molar-refractivity contribution in [2.24, 2.45) is 13.0 Å². The second kappa shape index (κ2) is 5.22. The molecular formula is C14H23ClN2O. The zero-order chi connectivity index (χ0) is 13.3. The Kier molecular flexibility index (Phi) is 4.02. The molecule has 0 aliphatic heterocycles. The van der Waals surface area contributed by atoms with Crippen molar-refractivity contribution in [2.75, 3.05) is 0 Å². The molecule has 0 spiro atoms. The van der Waals surface area contributed by atoms with Gasteiger partial charge in [0, 0.05) is 13.5 Å². The van der Waals surface area contributed by atoms with Gasteiger partial charge in [-0.1, -0.05) is 38.3 Å². The van der Waals surface area contributed by atoms with Gasteiger partial charge in [-0.05, 0) is 25.2 Å². The molecule has 1 aliphatic rings. The van der Waals surface area contributed by atoms with Crippen molar-refractivity contribution in [1.29, 1.82) is 0 Å². The summed E-state index contributed by atoms with van der Waals surface area (Å²) in [4.78, 5) is 0. The quantitative estimate of drug-likeness (QED) is 0.916. The monoisotopic (exact) mass is 270 g/mol. The van der Waals surface area contributed by atoms with Gasteiger partial charge in [-0.3, -0.25) is 4.68 Å². The fourth-order valence-corrected chi connectivity index (χ4v) is 3.32. The lowest BCUT2D eigenvalue weighted by atomic mass is 9.74. The van der Waals surface area contributed by atoms with Gasteiger partial charge in [0.25, 0.3) is 0 Å². The first-order chi connectivity index (χ1) is 8.48. The van der Waals surface area contributed by atoms with Gasteiger partial charge in [-0.25, -0.2) is 0 Å². The highest BCUT2D eigenvalue weighted by Gasteiger charge is 2.37. The summed E-state index contributed by atoms with van der Waals surface area (Å²) >= 11 is 6.36. The number of rotatable bonds is 3. The van der Waals surface area contributed by atoms with Gasteiger partial charge in [0.2, 0.25) is 0 Å². The maximum Gasteiger partial charge on any atom is 0.0850 e. The number of aromatic nitrogens is 2. The fourth-order valence-electron chi connectivity index (χ4n) is 2.96. The molecule has 3 nitrogen and oxygen atoms in total. The highest BCUT2D eigenvalue weighted by molar-refractivity contribution is 6.31. The van der Waals surface area contributed by atoms with Crippen molar-refractivity contribution in [3.05, 3.63) is 16.4 Å². The van der Waals surface area contributed by atoms with Crippen molar-refractivity contribution in [3.63, 3.8) is 0 Å². The minimum Gasteiger partial charge on any atom is -0.389 e. The molecule has 0 radical (unpaired) electrons. The largest absolute Gasteiger partial charge is 0.389 e. The Morgan fingerprint density at radius 3 is 2.78 bits per heavy atom. The molecule has 4 heteroatoms. The Hall–Kier alpha value is -0.540. The number of nitrogens with zero attached hydrogens (tertiary/aromatic N) is 2. The number of aryl methyl sites for hydroxylation is 2. The highest BCUT2D eigenvalue weighted by Crippen LogP contribution is 2.37. The average molecular weight is 271 g/mol. The first-order valence-corrected chi connectivity index (χ1v) is 7.28. The third-order valence-electron chi connectivity index (χ3n) is 4.39. The Morgan fingerprint density at radius 2 is 2.22 bits per heavy atom. The van der Waals surface area contributed by atoms with E-state index in [1.165, 1.54) is 6.42 Å². The Morgan fingerprint density at radius 1 is 1.50 bits per heavy atom. The van der Waals surface area contributed by atoms with Crippen molar-refractivity contribution in [2.45, 2.75) is 58.0 Å². The molecule has 1 saturated carbocycles. The van der Waals surface area contributed by atoms with E-state index in [2.05, 4.69) is 18.9 Å². The van der Waals surface area contributed by atoms with E-state index in [0.717, 1.165) is 42.1 Å². The standard InChI is InChI=1S/C14H23ClN2O/c1-4-11-13(15)12(17(3)16-11)9-14(18)8-6-5-7-10(14)2/h10,18H,4-9H2,1-3H3. The maximum absolute atomic E-state index is 10.8. The van der Waals surface area contributed by atoms with Crippen molar-refractivity contribution >= 4 is 11.6 Å². The van der Waals surface area contributed by atoms with Crippen LogP contribution in [0.5, 0.6) is 0 Å². The number of hydrogen-bond acceptors (Lipinski definition) is 2. The van der Waals surface area contributed by atoms with Crippen LogP contribution in [0, 0.1) is 5.92 Å². The lowest BCUT2D eigenvalue weighted by molar-refractivity contribution is -0.0418. The van der Waals surface area contributed by atoms with Crippen molar-refractivity contribution in [3.8, 4) is 0 Å². The van der Waals surface area contributed by atoms with Crippen molar-refractivity contribution in [1.82, 2.24) is 9.78 Å². The second-order valence-corrected chi connectivity index (χ2v) is 5.99. The van der Waals surface area contributed by atoms with Crippen LogP contribution in [-0.4, -0.2) is 20.5 Å². The van der Waals surface area contributed by atoms with Crippen LogP contribution in [-0.2, 0) is 19.9 Å². The number of aliphatic hydroxyl groups is 1. The zero-order valence-corrected chi connectivity index (χ0v) is 12.3. The molecule has 102 valence electrons. The van der Waals surface area contributed by atoms with E-state index >= 15 is 0 Å². The Bertz CT molecular complexity index is 430. The number of hydrogen-bond donors (Lipinski definition) is 1. The molecular weight excluding hydrogens is 248 g/mol. The first kappa shape index (κ1) is 13.9. The van der Waals surface area contributed by atoms with Gasteiger partial charge in [0.05, 0.1) is 22.0 Å². The minimum absolute atomic E-state index is 0.335. The maximum atomic E-state index is 10.8. The zero-order valence-electron chi connectivity index (χ0n) is 11.5. The molecule has 1 heterocycles. The van der Waals surface area contributed by atoms with E-state index in [9.17, 15) is 5.11 Å². The summed E-state index contributed by atoms with van der Waals surface area (Å²) in [5.41, 5.74) is 1.30. The van der Waals surface area contributed by atoms with Crippen LogP contribution in [0.15, 0.2) is 0 Å². The molecule has 18 heavy (non-hydrogen) atoms. The molecule has 0 bridgehead atoms. The third kappa shape index (κ3) is 2.43.